The topological polar surface area (TPSA) is 74.8 Å². The molecule has 0 aromatic heterocycles. The molecule has 6 heteroatoms. The Morgan fingerprint density at radius 2 is 1.86 bits per heavy atom. The van der Waals surface area contributed by atoms with Gasteiger partial charge in [-0.2, -0.15) is 0 Å². The van der Waals surface area contributed by atoms with Crippen molar-refractivity contribution in [3.63, 3.8) is 0 Å². The lowest BCUT2D eigenvalue weighted by atomic mass is 10.1. The van der Waals surface area contributed by atoms with E-state index in [4.69, 9.17) is 4.74 Å². The Morgan fingerprint density at radius 1 is 1.24 bits per heavy atom. The van der Waals surface area contributed by atoms with Gasteiger partial charge in [-0.1, -0.05) is 0 Å². The average Bonchev–Trinajstić information content (AvgIpc) is 3.06. The van der Waals surface area contributed by atoms with E-state index in [0.717, 1.165) is 12.5 Å². The standard InChI is InChI=1S/C15H30N4O2/c1-7-16-12(18-11-8-9-11)17-10-15(5,6)19-13(20)21-14(2,3)4/h11H,7-10H2,1-6H3,(H,19,20)(H2,16,17,18). The second kappa shape index (κ2) is 7.00. The summed E-state index contributed by atoms with van der Waals surface area (Å²) >= 11 is 0. The molecular formula is C15H30N4O2. The van der Waals surface area contributed by atoms with Crippen LogP contribution in [0, 0.1) is 0 Å². The molecule has 0 atom stereocenters. The monoisotopic (exact) mass is 298 g/mol. The van der Waals surface area contributed by atoms with E-state index in [1.807, 2.05) is 41.5 Å². The van der Waals surface area contributed by atoms with Crippen molar-refractivity contribution in [2.24, 2.45) is 4.99 Å². The molecule has 0 aromatic carbocycles. The molecule has 1 aliphatic carbocycles. The summed E-state index contributed by atoms with van der Waals surface area (Å²) in [5, 5.41) is 9.42. The highest BCUT2D eigenvalue weighted by molar-refractivity contribution is 5.80. The van der Waals surface area contributed by atoms with Gasteiger partial charge in [-0.3, -0.25) is 4.99 Å². The van der Waals surface area contributed by atoms with Crippen molar-refractivity contribution in [1.82, 2.24) is 16.0 Å². The Labute approximate surface area is 128 Å². The molecule has 1 rings (SSSR count). The molecule has 1 fully saturated rings. The van der Waals surface area contributed by atoms with Crippen molar-refractivity contribution in [2.75, 3.05) is 13.1 Å². The molecule has 0 bridgehead atoms. The maximum absolute atomic E-state index is 11.8. The van der Waals surface area contributed by atoms with E-state index >= 15 is 0 Å². The predicted octanol–water partition coefficient (Wildman–Crippen LogP) is 2.01. The third-order valence-corrected chi connectivity index (χ3v) is 2.73. The number of nitrogens with one attached hydrogen (secondary N) is 3. The summed E-state index contributed by atoms with van der Waals surface area (Å²) in [6, 6.07) is 0.546. The summed E-state index contributed by atoms with van der Waals surface area (Å²) in [7, 11) is 0. The Kier molecular flexibility index (Phi) is 5.87. The van der Waals surface area contributed by atoms with Crippen LogP contribution in [0.3, 0.4) is 0 Å². The van der Waals surface area contributed by atoms with Crippen molar-refractivity contribution in [1.29, 1.82) is 0 Å². The van der Waals surface area contributed by atoms with Gasteiger partial charge in [-0.15, -0.1) is 0 Å². The molecule has 0 aliphatic heterocycles. The van der Waals surface area contributed by atoms with E-state index in [-0.39, 0.29) is 0 Å². The third-order valence-electron chi connectivity index (χ3n) is 2.73. The Morgan fingerprint density at radius 3 is 2.33 bits per heavy atom. The van der Waals surface area contributed by atoms with E-state index in [1.54, 1.807) is 0 Å². The lowest BCUT2D eigenvalue weighted by molar-refractivity contribution is 0.0476. The Hall–Kier alpha value is -1.46. The SMILES string of the molecule is CCNC(=NCC(C)(C)NC(=O)OC(C)(C)C)NC1CC1. The van der Waals surface area contributed by atoms with Gasteiger partial charge in [0.15, 0.2) is 5.96 Å². The molecule has 0 spiro atoms. The number of nitrogens with zero attached hydrogens (tertiary/aromatic N) is 1. The van der Waals surface area contributed by atoms with Crippen molar-refractivity contribution < 1.29 is 9.53 Å². The molecule has 0 saturated heterocycles. The van der Waals surface area contributed by atoms with Gasteiger partial charge in [0.25, 0.3) is 0 Å². The number of amides is 1. The van der Waals surface area contributed by atoms with Crippen LogP contribution in [0.4, 0.5) is 4.79 Å². The summed E-state index contributed by atoms with van der Waals surface area (Å²) in [4.78, 5) is 16.4. The first-order chi connectivity index (χ1) is 9.61. The van der Waals surface area contributed by atoms with E-state index in [1.165, 1.54) is 12.8 Å². The fraction of sp³-hybridized carbons (Fsp3) is 0.867. The minimum absolute atomic E-state index is 0.414. The molecule has 0 aromatic rings. The van der Waals surface area contributed by atoms with Crippen LogP contribution in [0.25, 0.3) is 0 Å². The van der Waals surface area contributed by atoms with Gasteiger partial charge in [0.2, 0.25) is 0 Å². The van der Waals surface area contributed by atoms with Gasteiger partial charge in [-0.05, 0) is 54.4 Å². The number of guanidine groups is 1. The third kappa shape index (κ3) is 8.42. The Balaban J connectivity index is 2.50. The molecule has 0 radical (unpaired) electrons. The lowest BCUT2D eigenvalue weighted by Crippen LogP contribution is -2.49. The summed E-state index contributed by atoms with van der Waals surface area (Å²) < 4.78 is 5.27. The van der Waals surface area contributed by atoms with Gasteiger partial charge >= 0.3 is 6.09 Å². The molecule has 122 valence electrons. The van der Waals surface area contributed by atoms with Crippen molar-refractivity contribution in [2.45, 2.75) is 71.6 Å². The fourth-order valence-electron chi connectivity index (χ4n) is 1.64. The van der Waals surface area contributed by atoms with E-state index in [9.17, 15) is 4.79 Å². The summed E-state index contributed by atoms with van der Waals surface area (Å²) in [5.41, 5.74) is -0.958. The van der Waals surface area contributed by atoms with Crippen LogP contribution < -0.4 is 16.0 Å². The minimum Gasteiger partial charge on any atom is -0.444 e. The van der Waals surface area contributed by atoms with Crippen molar-refractivity contribution in [3.8, 4) is 0 Å². The van der Waals surface area contributed by atoms with Crippen LogP contribution in [0.15, 0.2) is 4.99 Å². The number of alkyl carbamates (subject to hydrolysis) is 1. The van der Waals surface area contributed by atoms with Crippen LogP contribution in [0.1, 0.15) is 54.4 Å². The van der Waals surface area contributed by atoms with Crippen molar-refractivity contribution in [3.05, 3.63) is 0 Å². The predicted molar refractivity (Wildman–Crippen MR) is 85.6 cm³/mol. The second-order valence-electron chi connectivity index (χ2n) is 7.12. The number of rotatable bonds is 5. The molecule has 0 unspecified atom stereocenters. The first kappa shape index (κ1) is 17.6. The van der Waals surface area contributed by atoms with E-state index in [2.05, 4.69) is 20.9 Å². The highest BCUT2D eigenvalue weighted by atomic mass is 16.6. The first-order valence-corrected chi connectivity index (χ1v) is 7.67. The normalized spacial score (nSPS) is 16.4. The summed E-state index contributed by atoms with van der Waals surface area (Å²) in [5.74, 6) is 0.805. The zero-order valence-electron chi connectivity index (χ0n) is 14.2. The highest BCUT2D eigenvalue weighted by Crippen LogP contribution is 2.18. The fourth-order valence-corrected chi connectivity index (χ4v) is 1.64. The average molecular weight is 298 g/mol. The van der Waals surface area contributed by atoms with Crippen LogP contribution in [0.2, 0.25) is 0 Å². The molecule has 21 heavy (non-hydrogen) atoms. The highest BCUT2D eigenvalue weighted by Gasteiger charge is 2.25. The number of hydrogen-bond donors (Lipinski definition) is 3. The first-order valence-electron chi connectivity index (χ1n) is 7.67. The van der Waals surface area contributed by atoms with Gasteiger partial charge in [0.1, 0.15) is 5.60 Å². The van der Waals surface area contributed by atoms with Crippen LogP contribution in [0.5, 0.6) is 0 Å². The van der Waals surface area contributed by atoms with Gasteiger partial charge in [0, 0.05) is 12.6 Å². The van der Waals surface area contributed by atoms with Crippen LogP contribution in [-0.4, -0.2) is 42.3 Å². The molecule has 1 saturated carbocycles. The number of ether oxygens (including phenoxy) is 1. The maximum Gasteiger partial charge on any atom is 0.408 e. The quantitative estimate of drug-likeness (QED) is 0.536. The molecule has 6 nitrogen and oxygen atoms in total. The maximum atomic E-state index is 11.8. The zero-order chi connectivity index (χ0) is 16.1. The lowest BCUT2D eigenvalue weighted by Gasteiger charge is -2.27. The van der Waals surface area contributed by atoms with E-state index in [0.29, 0.717) is 12.6 Å². The molecule has 3 N–H and O–H groups in total. The van der Waals surface area contributed by atoms with Gasteiger partial charge in [0.05, 0.1) is 12.1 Å². The second-order valence-corrected chi connectivity index (χ2v) is 7.12. The number of aliphatic imine (C=N–C) groups is 1. The molecular weight excluding hydrogens is 268 g/mol. The molecule has 0 heterocycles. The summed E-state index contributed by atoms with van der Waals surface area (Å²) in [6.07, 6.45) is 1.98. The Bertz CT molecular complexity index is 382. The number of carbonyl (C=O) groups is 1. The van der Waals surface area contributed by atoms with Crippen molar-refractivity contribution >= 4 is 12.1 Å². The molecule has 1 aliphatic rings. The minimum atomic E-state index is -0.494. The largest absolute Gasteiger partial charge is 0.444 e. The number of carbonyl (C=O) groups excluding carboxylic acids is 1. The smallest absolute Gasteiger partial charge is 0.408 e. The van der Waals surface area contributed by atoms with Gasteiger partial charge < -0.3 is 20.7 Å². The molecule has 1 amide bonds. The van der Waals surface area contributed by atoms with Gasteiger partial charge in [-0.25, -0.2) is 4.79 Å². The van der Waals surface area contributed by atoms with Crippen LogP contribution >= 0.6 is 0 Å². The zero-order valence-corrected chi connectivity index (χ0v) is 14.2. The number of hydrogen-bond acceptors (Lipinski definition) is 3. The summed E-state index contributed by atoms with van der Waals surface area (Å²) in [6.45, 7) is 12.7. The van der Waals surface area contributed by atoms with E-state index < -0.39 is 17.2 Å². The van der Waals surface area contributed by atoms with Crippen LogP contribution in [-0.2, 0) is 4.74 Å².